The predicted octanol–water partition coefficient (Wildman–Crippen LogP) is 5.09. The average Bonchev–Trinajstić information content (AvgIpc) is 3.16. The van der Waals surface area contributed by atoms with Gasteiger partial charge in [-0.3, -0.25) is 0 Å². The Balaban J connectivity index is 1.62. The molecule has 3 aromatic rings. The second-order valence-electron chi connectivity index (χ2n) is 6.61. The normalized spacial score (nSPS) is 20.0. The summed E-state index contributed by atoms with van der Waals surface area (Å²) in [4.78, 5) is 0. The third kappa shape index (κ3) is 4.03. The van der Waals surface area contributed by atoms with Crippen molar-refractivity contribution in [3.05, 3.63) is 91.0 Å². The summed E-state index contributed by atoms with van der Waals surface area (Å²) in [6.07, 6.45) is 5.55. The fourth-order valence-electron chi connectivity index (χ4n) is 3.77. The minimum absolute atomic E-state index is 0.000694. The summed E-state index contributed by atoms with van der Waals surface area (Å²) in [5, 5.41) is 4.66. The Morgan fingerprint density at radius 3 is 1.80 bits per heavy atom. The van der Waals surface area contributed by atoms with Gasteiger partial charge in [-0.05, 0) is 54.7 Å². The second kappa shape index (κ2) is 8.27. The molecule has 4 rings (SSSR count). The number of hydrogen-bond acceptors (Lipinski definition) is 0. The first-order valence-electron chi connectivity index (χ1n) is 9.11. The van der Waals surface area contributed by atoms with Gasteiger partial charge < -0.3 is 0 Å². The Kier molecular flexibility index (Phi) is 5.61. The molecule has 1 saturated heterocycles. The van der Waals surface area contributed by atoms with Gasteiger partial charge in [-0.1, -0.05) is 98.9 Å². The van der Waals surface area contributed by atoms with Crippen LogP contribution in [-0.2, 0) is 0 Å². The molecule has 1 aliphatic heterocycles. The van der Waals surface area contributed by atoms with Gasteiger partial charge in [0.15, 0.2) is 0 Å². The highest BCUT2D eigenvalue weighted by atomic mass is 31.1. The monoisotopic (exact) mass is 362 g/mol. The quantitative estimate of drug-likeness (QED) is 0.555. The van der Waals surface area contributed by atoms with Crippen molar-refractivity contribution in [3.8, 4) is 0 Å². The molecule has 1 aliphatic rings. The van der Waals surface area contributed by atoms with E-state index in [1.54, 1.807) is 5.30 Å². The largest absolute Gasteiger partial charge is 0.0718 e. The lowest BCUT2D eigenvalue weighted by molar-refractivity contribution is 0.841. The Bertz CT molecular complexity index is 731. The molecule has 0 bridgehead atoms. The van der Waals surface area contributed by atoms with E-state index in [2.05, 4.69) is 91.0 Å². The van der Waals surface area contributed by atoms with Gasteiger partial charge in [0, 0.05) is 0 Å². The van der Waals surface area contributed by atoms with E-state index in [9.17, 15) is 0 Å². The fourth-order valence-corrected chi connectivity index (χ4v) is 10.1. The first-order valence-corrected chi connectivity index (χ1v) is 12.2. The van der Waals surface area contributed by atoms with Crippen LogP contribution in [0.15, 0.2) is 91.0 Å². The van der Waals surface area contributed by atoms with Gasteiger partial charge in [0.1, 0.15) is 0 Å². The van der Waals surface area contributed by atoms with Crippen molar-refractivity contribution in [1.29, 1.82) is 0 Å². The van der Waals surface area contributed by atoms with Crippen LogP contribution in [0, 0.1) is 0 Å². The summed E-state index contributed by atoms with van der Waals surface area (Å²) < 4.78 is 0. The van der Waals surface area contributed by atoms with Crippen molar-refractivity contribution in [2.24, 2.45) is 0 Å². The van der Waals surface area contributed by atoms with E-state index in [1.165, 1.54) is 35.8 Å². The lowest BCUT2D eigenvalue weighted by atomic mass is 10.3. The van der Waals surface area contributed by atoms with Crippen LogP contribution in [0.3, 0.4) is 0 Å². The molecule has 0 N–H and O–H groups in total. The molecular weight excluding hydrogens is 338 g/mol. The summed E-state index contributed by atoms with van der Waals surface area (Å²) in [6, 6.07) is 33.7. The first-order chi connectivity index (χ1) is 12.4. The van der Waals surface area contributed by atoms with E-state index in [-0.39, 0.29) is 15.8 Å². The third-order valence-corrected chi connectivity index (χ3v) is 11.0. The van der Waals surface area contributed by atoms with E-state index in [1.807, 2.05) is 0 Å². The maximum absolute atomic E-state index is 2.36. The van der Waals surface area contributed by atoms with Crippen molar-refractivity contribution < 1.29 is 0 Å². The molecule has 0 amide bonds. The summed E-state index contributed by atoms with van der Waals surface area (Å²) in [5.74, 6) is 0. The summed E-state index contributed by atoms with van der Waals surface area (Å²) >= 11 is 0. The van der Waals surface area contributed by atoms with E-state index in [0.29, 0.717) is 0 Å². The average molecular weight is 362 g/mol. The summed E-state index contributed by atoms with van der Waals surface area (Å²) in [5.41, 5.74) is 0.865. The van der Waals surface area contributed by atoms with Gasteiger partial charge in [0.05, 0.1) is 0 Å². The van der Waals surface area contributed by atoms with Crippen LogP contribution in [0.25, 0.3) is 0 Å². The second-order valence-corrected chi connectivity index (χ2v) is 11.5. The molecule has 0 nitrogen and oxygen atoms in total. The highest BCUT2D eigenvalue weighted by molar-refractivity contribution is 7.74. The Hall–Kier alpha value is -1.48. The SMILES string of the molecule is c1ccc(P(C[C@H]2CCC[P@@]2c2ccccc2)c2ccccc2)cc1. The lowest BCUT2D eigenvalue weighted by Crippen LogP contribution is -2.21. The van der Waals surface area contributed by atoms with Gasteiger partial charge >= 0.3 is 0 Å². The Labute approximate surface area is 153 Å². The first kappa shape index (κ1) is 17.0. The van der Waals surface area contributed by atoms with Crippen molar-refractivity contribution in [3.63, 3.8) is 0 Å². The fraction of sp³-hybridized carbons (Fsp3) is 0.217. The zero-order valence-corrected chi connectivity index (χ0v) is 16.2. The Morgan fingerprint density at radius 2 is 1.24 bits per heavy atom. The van der Waals surface area contributed by atoms with E-state index in [0.717, 1.165) is 5.66 Å². The predicted molar refractivity (Wildman–Crippen MR) is 115 cm³/mol. The molecule has 0 spiro atoms. The Morgan fingerprint density at radius 1 is 0.720 bits per heavy atom. The van der Waals surface area contributed by atoms with E-state index >= 15 is 0 Å². The maximum atomic E-state index is 2.36. The summed E-state index contributed by atoms with van der Waals surface area (Å²) in [7, 11) is -0.263. The molecule has 2 atom stereocenters. The molecule has 0 unspecified atom stereocenters. The highest BCUT2D eigenvalue weighted by Gasteiger charge is 2.31. The van der Waals surface area contributed by atoms with Gasteiger partial charge in [-0.2, -0.15) is 0 Å². The zero-order valence-electron chi connectivity index (χ0n) is 14.5. The number of rotatable bonds is 5. The van der Waals surface area contributed by atoms with Crippen LogP contribution in [0.4, 0.5) is 0 Å². The molecule has 0 aliphatic carbocycles. The van der Waals surface area contributed by atoms with Gasteiger partial charge in [0.2, 0.25) is 0 Å². The minimum atomic E-state index is -0.263. The molecule has 1 fully saturated rings. The molecule has 25 heavy (non-hydrogen) atoms. The molecule has 0 radical (unpaired) electrons. The molecular formula is C23H24P2. The van der Waals surface area contributed by atoms with E-state index in [4.69, 9.17) is 0 Å². The highest BCUT2D eigenvalue weighted by Crippen LogP contribution is 2.53. The van der Waals surface area contributed by atoms with Crippen molar-refractivity contribution >= 4 is 31.8 Å². The lowest BCUT2D eigenvalue weighted by Gasteiger charge is -2.27. The topological polar surface area (TPSA) is 0 Å². The van der Waals surface area contributed by atoms with Crippen molar-refractivity contribution in [2.75, 3.05) is 12.3 Å². The molecule has 2 heteroatoms. The molecule has 1 heterocycles. The molecule has 3 aromatic carbocycles. The van der Waals surface area contributed by atoms with Gasteiger partial charge in [-0.15, -0.1) is 0 Å². The van der Waals surface area contributed by atoms with Crippen LogP contribution < -0.4 is 15.9 Å². The van der Waals surface area contributed by atoms with Crippen LogP contribution >= 0.6 is 15.8 Å². The minimum Gasteiger partial charge on any atom is -0.0718 e. The zero-order chi connectivity index (χ0) is 16.9. The molecule has 0 saturated carbocycles. The van der Waals surface area contributed by atoms with Crippen LogP contribution in [0.5, 0.6) is 0 Å². The molecule has 0 aromatic heterocycles. The van der Waals surface area contributed by atoms with Gasteiger partial charge in [0.25, 0.3) is 0 Å². The summed E-state index contributed by atoms with van der Waals surface area (Å²) in [6.45, 7) is 0. The maximum Gasteiger partial charge on any atom is -0.0123 e. The smallest absolute Gasteiger partial charge is 0.0123 e. The third-order valence-electron chi connectivity index (χ3n) is 4.99. The van der Waals surface area contributed by atoms with Crippen LogP contribution in [-0.4, -0.2) is 18.0 Å². The van der Waals surface area contributed by atoms with E-state index < -0.39 is 0 Å². The number of benzene rings is 3. The standard InChI is InChI=1S/C23H24P2/c1-4-11-20(12-5-1)24-18-10-17-23(24)19-25(21-13-6-2-7-14-21)22-15-8-3-9-16-22/h1-9,11-16,23H,10,17-19H2/t23-,24+/m1/s1. The van der Waals surface area contributed by atoms with Gasteiger partial charge in [-0.25, -0.2) is 0 Å². The van der Waals surface area contributed by atoms with Crippen molar-refractivity contribution in [1.82, 2.24) is 0 Å². The van der Waals surface area contributed by atoms with Crippen molar-refractivity contribution in [2.45, 2.75) is 18.5 Å². The van der Waals surface area contributed by atoms with Crippen LogP contribution in [0.1, 0.15) is 12.8 Å². The van der Waals surface area contributed by atoms with Crippen LogP contribution in [0.2, 0.25) is 0 Å². The number of hydrogen-bond donors (Lipinski definition) is 0. The molecule has 126 valence electrons.